The minimum atomic E-state index is -3.63. The predicted molar refractivity (Wildman–Crippen MR) is 78.9 cm³/mol. The number of hydrogen-bond acceptors (Lipinski definition) is 3. The highest BCUT2D eigenvalue weighted by Gasteiger charge is 2.15. The average molecular weight is 298 g/mol. The molecule has 0 atom stereocenters. The number of sulfonamides is 1. The number of amides is 1. The Morgan fingerprint density at radius 3 is 2.30 bits per heavy atom. The highest BCUT2D eigenvalue weighted by molar-refractivity contribution is 7.89. The molecule has 0 bridgehead atoms. The van der Waals surface area contributed by atoms with E-state index in [2.05, 4.69) is 10.0 Å². The maximum Gasteiger partial charge on any atom is 0.241 e. The molecular formula is C14H22N2O3S. The molecule has 6 heteroatoms. The van der Waals surface area contributed by atoms with Crippen molar-refractivity contribution in [2.24, 2.45) is 5.92 Å². The van der Waals surface area contributed by atoms with E-state index < -0.39 is 10.0 Å². The molecule has 0 saturated heterocycles. The molecule has 0 unspecified atom stereocenters. The van der Waals surface area contributed by atoms with E-state index in [1.165, 1.54) is 0 Å². The minimum Gasteiger partial charge on any atom is -0.355 e. The molecule has 0 fully saturated rings. The van der Waals surface area contributed by atoms with Crippen LogP contribution in [-0.2, 0) is 21.2 Å². The molecule has 2 N–H and O–H groups in total. The second-order valence-electron chi connectivity index (χ2n) is 5.02. The SMILES string of the molecule is CCc1ccc(S(=O)(=O)NCC(=O)NCC(C)C)cc1. The number of aryl methyl sites for hydroxylation is 1. The summed E-state index contributed by atoms with van der Waals surface area (Å²) in [5.41, 5.74) is 1.07. The van der Waals surface area contributed by atoms with Gasteiger partial charge in [0.2, 0.25) is 15.9 Å². The van der Waals surface area contributed by atoms with E-state index in [1.807, 2.05) is 20.8 Å². The largest absolute Gasteiger partial charge is 0.355 e. The van der Waals surface area contributed by atoms with E-state index in [4.69, 9.17) is 0 Å². The fourth-order valence-electron chi connectivity index (χ4n) is 1.53. The van der Waals surface area contributed by atoms with Gasteiger partial charge >= 0.3 is 0 Å². The Hall–Kier alpha value is -1.40. The van der Waals surface area contributed by atoms with Crippen LogP contribution in [0.4, 0.5) is 0 Å². The predicted octanol–water partition coefficient (Wildman–Crippen LogP) is 1.30. The van der Waals surface area contributed by atoms with Gasteiger partial charge in [0.25, 0.3) is 0 Å². The van der Waals surface area contributed by atoms with Crippen molar-refractivity contribution in [3.63, 3.8) is 0 Å². The maximum atomic E-state index is 12.0. The second-order valence-corrected chi connectivity index (χ2v) is 6.79. The third-order valence-corrected chi connectivity index (χ3v) is 4.19. The maximum absolute atomic E-state index is 12.0. The molecule has 1 aromatic rings. The van der Waals surface area contributed by atoms with Crippen molar-refractivity contribution >= 4 is 15.9 Å². The van der Waals surface area contributed by atoms with Gasteiger partial charge in [-0.1, -0.05) is 32.9 Å². The lowest BCUT2D eigenvalue weighted by atomic mass is 10.2. The van der Waals surface area contributed by atoms with Gasteiger partial charge in [-0.05, 0) is 30.0 Å². The second kappa shape index (κ2) is 7.40. The molecule has 1 rings (SSSR count). The molecule has 1 amide bonds. The number of hydrogen-bond donors (Lipinski definition) is 2. The molecule has 0 heterocycles. The lowest BCUT2D eigenvalue weighted by Gasteiger charge is -2.09. The Kier molecular flexibility index (Phi) is 6.16. The zero-order chi connectivity index (χ0) is 15.2. The van der Waals surface area contributed by atoms with E-state index in [1.54, 1.807) is 24.3 Å². The van der Waals surface area contributed by atoms with Gasteiger partial charge in [0.05, 0.1) is 11.4 Å². The fourth-order valence-corrected chi connectivity index (χ4v) is 2.51. The molecule has 0 aliphatic carbocycles. The smallest absolute Gasteiger partial charge is 0.241 e. The normalized spacial score (nSPS) is 11.6. The Labute approximate surface area is 120 Å². The quantitative estimate of drug-likeness (QED) is 0.796. The number of nitrogens with one attached hydrogen (secondary N) is 2. The van der Waals surface area contributed by atoms with Crippen LogP contribution in [0.5, 0.6) is 0 Å². The molecule has 0 saturated carbocycles. The van der Waals surface area contributed by atoms with E-state index in [0.29, 0.717) is 12.5 Å². The first-order chi connectivity index (χ1) is 9.35. The number of carbonyl (C=O) groups excluding carboxylic acids is 1. The minimum absolute atomic E-state index is 0.173. The fraction of sp³-hybridized carbons (Fsp3) is 0.500. The molecule has 0 aliphatic heterocycles. The summed E-state index contributed by atoms with van der Waals surface area (Å²) < 4.78 is 26.3. The van der Waals surface area contributed by atoms with Crippen LogP contribution in [0.25, 0.3) is 0 Å². The van der Waals surface area contributed by atoms with Crippen LogP contribution in [0, 0.1) is 5.92 Å². The lowest BCUT2D eigenvalue weighted by Crippen LogP contribution is -2.38. The van der Waals surface area contributed by atoms with Gasteiger partial charge in [0.1, 0.15) is 0 Å². The summed E-state index contributed by atoms with van der Waals surface area (Å²) in [4.78, 5) is 11.7. The highest BCUT2D eigenvalue weighted by atomic mass is 32.2. The van der Waals surface area contributed by atoms with Crippen LogP contribution in [0.1, 0.15) is 26.3 Å². The number of carbonyl (C=O) groups is 1. The first kappa shape index (κ1) is 16.7. The summed E-state index contributed by atoms with van der Waals surface area (Å²) in [7, 11) is -3.63. The summed E-state index contributed by atoms with van der Waals surface area (Å²) in [6.07, 6.45) is 0.853. The monoisotopic (exact) mass is 298 g/mol. The zero-order valence-electron chi connectivity index (χ0n) is 12.1. The van der Waals surface area contributed by atoms with Crippen molar-refractivity contribution in [1.82, 2.24) is 10.0 Å². The number of benzene rings is 1. The van der Waals surface area contributed by atoms with Crippen molar-refractivity contribution in [2.75, 3.05) is 13.1 Å². The Morgan fingerprint density at radius 1 is 1.20 bits per heavy atom. The molecular weight excluding hydrogens is 276 g/mol. The lowest BCUT2D eigenvalue weighted by molar-refractivity contribution is -0.120. The van der Waals surface area contributed by atoms with Gasteiger partial charge in [-0.25, -0.2) is 13.1 Å². The van der Waals surface area contributed by atoms with Gasteiger partial charge in [-0.3, -0.25) is 4.79 Å². The molecule has 0 spiro atoms. The van der Waals surface area contributed by atoms with E-state index >= 15 is 0 Å². The number of rotatable bonds is 7. The van der Waals surface area contributed by atoms with Crippen LogP contribution in [0.2, 0.25) is 0 Å². The summed E-state index contributed by atoms with van der Waals surface area (Å²) in [5, 5.41) is 2.66. The summed E-state index contributed by atoms with van der Waals surface area (Å²) >= 11 is 0. The van der Waals surface area contributed by atoms with Crippen molar-refractivity contribution in [3.8, 4) is 0 Å². The Morgan fingerprint density at radius 2 is 1.80 bits per heavy atom. The Balaban J connectivity index is 2.58. The van der Waals surface area contributed by atoms with Gasteiger partial charge in [0, 0.05) is 6.54 Å². The van der Waals surface area contributed by atoms with Gasteiger partial charge in [-0.2, -0.15) is 0 Å². The average Bonchev–Trinajstić information content (AvgIpc) is 2.43. The van der Waals surface area contributed by atoms with Crippen molar-refractivity contribution in [2.45, 2.75) is 32.1 Å². The third-order valence-electron chi connectivity index (χ3n) is 2.77. The van der Waals surface area contributed by atoms with Crippen LogP contribution in [-0.4, -0.2) is 27.4 Å². The van der Waals surface area contributed by atoms with E-state index in [-0.39, 0.29) is 17.3 Å². The summed E-state index contributed by atoms with van der Waals surface area (Å²) in [6, 6.07) is 6.64. The third kappa shape index (κ3) is 5.30. The first-order valence-corrected chi connectivity index (χ1v) is 8.18. The zero-order valence-corrected chi connectivity index (χ0v) is 13.0. The van der Waals surface area contributed by atoms with Crippen molar-refractivity contribution in [1.29, 1.82) is 0 Å². The highest BCUT2D eigenvalue weighted by Crippen LogP contribution is 2.10. The topological polar surface area (TPSA) is 75.3 Å². The van der Waals surface area contributed by atoms with Gasteiger partial charge in [-0.15, -0.1) is 0 Å². The van der Waals surface area contributed by atoms with Crippen LogP contribution in [0.3, 0.4) is 0 Å². The standard InChI is InChI=1S/C14H22N2O3S/c1-4-12-5-7-13(8-6-12)20(18,19)16-10-14(17)15-9-11(2)3/h5-8,11,16H,4,9-10H2,1-3H3,(H,15,17). The molecule has 20 heavy (non-hydrogen) atoms. The van der Waals surface area contributed by atoms with E-state index in [9.17, 15) is 13.2 Å². The van der Waals surface area contributed by atoms with Crippen LogP contribution >= 0.6 is 0 Å². The Bertz CT molecular complexity index is 536. The molecule has 0 aromatic heterocycles. The van der Waals surface area contributed by atoms with E-state index in [0.717, 1.165) is 12.0 Å². The summed E-state index contributed by atoms with van der Waals surface area (Å²) in [5.74, 6) is 0.00426. The molecule has 0 radical (unpaired) electrons. The van der Waals surface area contributed by atoms with Crippen LogP contribution < -0.4 is 10.0 Å². The molecule has 5 nitrogen and oxygen atoms in total. The molecule has 112 valence electrons. The summed E-state index contributed by atoms with van der Waals surface area (Å²) in [6.45, 7) is 6.23. The van der Waals surface area contributed by atoms with Gasteiger partial charge in [0.15, 0.2) is 0 Å². The van der Waals surface area contributed by atoms with Gasteiger partial charge < -0.3 is 5.32 Å². The molecule has 1 aromatic carbocycles. The first-order valence-electron chi connectivity index (χ1n) is 6.70. The van der Waals surface area contributed by atoms with Crippen LogP contribution in [0.15, 0.2) is 29.2 Å². The van der Waals surface area contributed by atoms with Crippen molar-refractivity contribution < 1.29 is 13.2 Å². The van der Waals surface area contributed by atoms with Crippen molar-refractivity contribution in [3.05, 3.63) is 29.8 Å². The molecule has 0 aliphatic rings.